The summed E-state index contributed by atoms with van der Waals surface area (Å²) < 4.78 is 11.3. The minimum atomic E-state index is -0.960. The topological polar surface area (TPSA) is 72.2 Å². The Kier molecular flexibility index (Phi) is 3.65. The van der Waals surface area contributed by atoms with Crippen LogP contribution in [0.25, 0.3) is 0 Å². The van der Waals surface area contributed by atoms with Gasteiger partial charge < -0.3 is 0 Å². The number of hydrogen-bond donors (Lipinski definition) is 2. The second kappa shape index (κ2) is 4.77. The first kappa shape index (κ1) is 9.93. The maximum atomic E-state index is 10.5. The van der Waals surface area contributed by atoms with Crippen molar-refractivity contribution in [2.75, 3.05) is 0 Å². The van der Waals surface area contributed by atoms with Crippen molar-refractivity contribution in [1.29, 1.82) is 0 Å². The molecule has 4 nitrogen and oxygen atoms in total. The molecule has 1 aromatic carbocycles. The fourth-order valence-corrected chi connectivity index (χ4v) is 1.43. The Morgan fingerprint density at radius 1 is 1.38 bits per heavy atom. The van der Waals surface area contributed by atoms with E-state index in [2.05, 4.69) is 5.32 Å². The molecule has 13 heavy (non-hydrogen) atoms. The van der Waals surface area contributed by atoms with Crippen LogP contribution < -0.4 is 15.4 Å². The molecule has 0 heterocycles. The van der Waals surface area contributed by atoms with Crippen LogP contribution in [-0.4, -0.2) is 21.7 Å². The molecule has 0 saturated carbocycles. The number of nitrogens with one attached hydrogen (secondary N) is 1. The zero-order valence-electron chi connectivity index (χ0n) is 6.86. The van der Waals surface area contributed by atoms with E-state index in [9.17, 15) is 8.53 Å². The summed E-state index contributed by atoms with van der Waals surface area (Å²) >= 11 is -0.960. The summed E-state index contributed by atoms with van der Waals surface area (Å²) in [5, 5.41) is 2.47. The first-order chi connectivity index (χ1) is 6.22. The van der Waals surface area contributed by atoms with Crippen molar-refractivity contribution in [1.82, 2.24) is 5.32 Å². The van der Waals surface area contributed by atoms with Gasteiger partial charge in [0.15, 0.2) is 0 Å². The van der Waals surface area contributed by atoms with Crippen LogP contribution >= 0.6 is 0 Å². The van der Waals surface area contributed by atoms with E-state index in [1.54, 1.807) is 12.1 Å². The van der Waals surface area contributed by atoms with E-state index in [0.29, 0.717) is 6.54 Å². The van der Waals surface area contributed by atoms with Gasteiger partial charge in [0.05, 0.1) is 0 Å². The standard InChI is InChI=1S/C8H9AsN2O2/c10-8(12)11-5-6-1-3-7(9-13)4-2-6/h1-4H,5H2,(H3,10,11,12). The van der Waals surface area contributed by atoms with Crippen LogP contribution in [0.4, 0.5) is 4.79 Å². The van der Waals surface area contributed by atoms with Crippen LogP contribution in [0.5, 0.6) is 0 Å². The summed E-state index contributed by atoms with van der Waals surface area (Å²) in [5.41, 5.74) is 5.84. The van der Waals surface area contributed by atoms with Gasteiger partial charge in [-0.2, -0.15) is 0 Å². The third-order valence-corrected chi connectivity index (χ3v) is 2.58. The number of rotatable bonds is 3. The van der Waals surface area contributed by atoms with Crippen LogP contribution in [-0.2, 0) is 10.3 Å². The first-order valence-corrected chi connectivity index (χ1v) is 5.38. The van der Waals surface area contributed by atoms with Crippen molar-refractivity contribution in [3.05, 3.63) is 29.8 Å². The number of carbonyl (C=O) groups is 1. The van der Waals surface area contributed by atoms with Crippen LogP contribution in [0.3, 0.4) is 0 Å². The Hall–Kier alpha value is -1.15. The molecule has 0 atom stereocenters. The summed E-state index contributed by atoms with van der Waals surface area (Å²) in [7, 11) is 0. The molecule has 0 unspecified atom stereocenters. The summed E-state index contributed by atoms with van der Waals surface area (Å²) in [5.74, 6) is 0. The second-order valence-corrected chi connectivity index (χ2v) is 3.94. The predicted molar refractivity (Wildman–Crippen MR) is 48.9 cm³/mol. The fourth-order valence-electron chi connectivity index (χ4n) is 0.864. The molecule has 1 rings (SSSR count). The van der Waals surface area contributed by atoms with Crippen molar-refractivity contribution in [2.45, 2.75) is 6.54 Å². The number of benzene rings is 1. The van der Waals surface area contributed by atoms with Crippen LogP contribution in [0.15, 0.2) is 24.3 Å². The summed E-state index contributed by atoms with van der Waals surface area (Å²) in [4.78, 5) is 10.4. The van der Waals surface area contributed by atoms with E-state index in [1.807, 2.05) is 12.1 Å². The van der Waals surface area contributed by atoms with Gasteiger partial charge in [-0.25, -0.2) is 0 Å². The number of nitrogens with two attached hydrogens (primary N) is 1. The second-order valence-electron chi connectivity index (χ2n) is 2.48. The Labute approximate surface area is 82.4 Å². The van der Waals surface area contributed by atoms with E-state index >= 15 is 0 Å². The van der Waals surface area contributed by atoms with Gasteiger partial charge in [0, 0.05) is 0 Å². The summed E-state index contributed by atoms with van der Waals surface area (Å²) in [6, 6.07) is 6.66. The average Bonchev–Trinajstić information content (AvgIpc) is 2.15. The molecule has 0 aliphatic heterocycles. The molecule has 0 spiro atoms. The van der Waals surface area contributed by atoms with E-state index in [-0.39, 0.29) is 0 Å². The van der Waals surface area contributed by atoms with Gasteiger partial charge in [0.25, 0.3) is 0 Å². The van der Waals surface area contributed by atoms with Crippen LogP contribution in [0.1, 0.15) is 5.56 Å². The van der Waals surface area contributed by atoms with Gasteiger partial charge in [0.1, 0.15) is 0 Å². The zero-order chi connectivity index (χ0) is 9.68. The van der Waals surface area contributed by atoms with Gasteiger partial charge in [-0.3, -0.25) is 0 Å². The molecule has 3 N–H and O–H groups in total. The molecule has 0 fully saturated rings. The molecule has 0 aromatic heterocycles. The number of amides is 2. The van der Waals surface area contributed by atoms with Gasteiger partial charge in [0.2, 0.25) is 0 Å². The van der Waals surface area contributed by atoms with Gasteiger partial charge in [-0.05, 0) is 0 Å². The third-order valence-electron chi connectivity index (χ3n) is 1.51. The van der Waals surface area contributed by atoms with Gasteiger partial charge in [-0.15, -0.1) is 0 Å². The van der Waals surface area contributed by atoms with Crippen molar-refractivity contribution in [2.24, 2.45) is 5.73 Å². The van der Waals surface area contributed by atoms with E-state index in [4.69, 9.17) is 5.73 Å². The molecule has 0 bridgehead atoms. The van der Waals surface area contributed by atoms with E-state index in [0.717, 1.165) is 9.91 Å². The maximum absolute atomic E-state index is 10.5. The quantitative estimate of drug-likeness (QED) is 0.701. The predicted octanol–water partition coefficient (Wildman–Crippen LogP) is -0.470. The monoisotopic (exact) mass is 240 g/mol. The van der Waals surface area contributed by atoms with Crippen LogP contribution in [0, 0.1) is 0 Å². The number of urea groups is 1. The van der Waals surface area contributed by atoms with Crippen molar-refractivity contribution in [3.63, 3.8) is 0 Å². The SMILES string of the molecule is NC(=O)NCc1ccc([As]=O)cc1. The number of primary amides is 1. The Bertz CT molecular complexity index is 310. The fraction of sp³-hybridized carbons (Fsp3) is 0.125. The number of hydrogen-bond acceptors (Lipinski definition) is 2. The summed E-state index contributed by atoms with van der Waals surface area (Å²) in [6.45, 7) is 0.408. The molecule has 0 saturated heterocycles. The molecule has 0 aliphatic rings. The van der Waals surface area contributed by atoms with Gasteiger partial charge >= 0.3 is 82.0 Å². The molecular formula is C8H9AsN2O2. The Morgan fingerprint density at radius 2 is 2.00 bits per heavy atom. The zero-order valence-corrected chi connectivity index (χ0v) is 8.73. The Morgan fingerprint density at radius 3 is 2.46 bits per heavy atom. The van der Waals surface area contributed by atoms with Gasteiger partial charge in [-0.1, -0.05) is 0 Å². The molecular weight excluding hydrogens is 231 g/mol. The average molecular weight is 240 g/mol. The molecule has 0 aliphatic carbocycles. The number of carbonyl (C=O) groups excluding carboxylic acids is 1. The molecule has 1 aromatic rings. The third kappa shape index (κ3) is 3.38. The first-order valence-electron chi connectivity index (χ1n) is 3.68. The van der Waals surface area contributed by atoms with Crippen molar-refractivity contribution in [3.8, 4) is 0 Å². The van der Waals surface area contributed by atoms with E-state index in [1.165, 1.54) is 0 Å². The Balaban J connectivity index is 2.59. The molecule has 5 heteroatoms. The molecule has 68 valence electrons. The molecule has 2 amide bonds. The normalized spacial score (nSPS) is 9.85. The van der Waals surface area contributed by atoms with E-state index < -0.39 is 21.7 Å². The van der Waals surface area contributed by atoms with Crippen LogP contribution in [0.2, 0.25) is 0 Å². The minimum absolute atomic E-state index is 0.408. The van der Waals surface area contributed by atoms with Crippen molar-refractivity contribution < 1.29 is 8.53 Å². The summed E-state index contributed by atoms with van der Waals surface area (Å²) in [6.07, 6.45) is 0. The molecule has 0 radical (unpaired) electrons. The van der Waals surface area contributed by atoms with Crippen molar-refractivity contribution >= 4 is 26.1 Å².